The van der Waals surface area contributed by atoms with Crippen molar-refractivity contribution in [3.63, 3.8) is 0 Å². The van der Waals surface area contributed by atoms with Gasteiger partial charge in [-0.25, -0.2) is 4.79 Å². The molecule has 1 rings (SSSR count). The van der Waals surface area contributed by atoms with Crippen LogP contribution in [-0.2, 0) is 4.74 Å². The molecule has 1 aromatic carbocycles. The Kier molecular flexibility index (Phi) is 5.44. The van der Waals surface area contributed by atoms with Gasteiger partial charge in [-0.1, -0.05) is 17.9 Å². The maximum Gasteiger partial charge on any atom is 0.408 e. The molecule has 4 heteroatoms. The summed E-state index contributed by atoms with van der Waals surface area (Å²) in [5.41, 5.74) is 1.57. The Hall–Kier alpha value is -1.47. The Morgan fingerprint density at radius 3 is 2.74 bits per heavy atom. The van der Waals surface area contributed by atoms with Crippen LogP contribution in [0.1, 0.15) is 31.9 Å². The fourth-order valence-corrected chi connectivity index (χ4v) is 1.65. The van der Waals surface area contributed by atoms with E-state index in [0.29, 0.717) is 0 Å². The standard InChI is InChI=1S/C15H18BrNO2/c1-11-7-8-13(16)12(10-11)6-5-9-17-14(18)19-15(2,3)4/h7-8,10H,9H2,1-4H3,(H,17,18). The maximum atomic E-state index is 11.4. The molecule has 0 fully saturated rings. The summed E-state index contributed by atoms with van der Waals surface area (Å²) in [7, 11) is 0. The largest absolute Gasteiger partial charge is 0.444 e. The molecule has 0 aliphatic carbocycles. The lowest BCUT2D eigenvalue weighted by Gasteiger charge is -2.19. The molecule has 0 radical (unpaired) electrons. The van der Waals surface area contributed by atoms with E-state index in [-0.39, 0.29) is 6.54 Å². The number of amides is 1. The fourth-order valence-electron chi connectivity index (χ4n) is 1.30. The van der Waals surface area contributed by atoms with Crippen molar-refractivity contribution < 1.29 is 9.53 Å². The van der Waals surface area contributed by atoms with E-state index in [1.165, 1.54) is 0 Å². The molecule has 1 N–H and O–H groups in total. The van der Waals surface area contributed by atoms with Crippen LogP contribution in [0.5, 0.6) is 0 Å². The molecular weight excluding hydrogens is 306 g/mol. The molecular formula is C15H18BrNO2. The molecule has 19 heavy (non-hydrogen) atoms. The van der Waals surface area contributed by atoms with E-state index < -0.39 is 11.7 Å². The molecule has 0 atom stereocenters. The van der Waals surface area contributed by atoms with E-state index in [1.807, 2.05) is 45.9 Å². The highest BCUT2D eigenvalue weighted by Crippen LogP contribution is 2.16. The quantitative estimate of drug-likeness (QED) is 0.801. The van der Waals surface area contributed by atoms with Crippen molar-refractivity contribution in [2.75, 3.05) is 6.54 Å². The number of halogens is 1. The Morgan fingerprint density at radius 2 is 2.11 bits per heavy atom. The van der Waals surface area contributed by atoms with E-state index in [4.69, 9.17) is 4.74 Å². The number of aryl methyl sites for hydroxylation is 1. The minimum absolute atomic E-state index is 0.259. The number of alkyl carbamates (subject to hydrolysis) is 1. The van der Waals surface area contributed by atoms with Crippen LogP contribution in [0.15, 0.2) is 22.7 Å². The average Bonchev–Trinajstić information content (AvgIpc) is 2.26. The maximum absolute atomic E-state index is 11.4. The minimum atomic E-state index is -0.489. The van der Waals surface area contributed by atoms with Crippen LogP contribution in [0.3, 0.4) is 0 Å². The van der Waals surface area contributed by atoms with Gasteiger partial charge in [0.2, 0.25) is 0 Å². The van der Waals surface area contributed by atoms with Crippen LogP contribution in [0.2, 0.25) is 0 Å². The van der Waals surface area contributed by atoms with Gasteiger partial charge in [-0.2, -0.15) is 0 Å². The lowest BCUT2D eigenvalue weighted by Crippen LogP contribution is -2.32. The number of benzene rings is 1. The summed E-state index contributed by atoms with van der Waals surface area (Å²) >= 11 is 3.44. The van der Waals surface area contributed by atoms with Crippen LogP contribution in [0.4, 0.5) is 4.79 Å². The molecule has 0 unspecified atom stereocenters. The topological polar surface area (TPSA) is 38.3 Å². The van der Waals surface area contributed by atoms with Crippen LogP contribution in [0, 0.1) is 18.8 Å². The number of rotatable bonds is 1. The van der Waals surface area contributed by atoms with Crippen molar-refractivity contribution in [3.8, 4) is 11.8 Å². The van der Waals surface area contributed by atoms with Gasteiger partial charge in [-0.05, 0) is 61.3 Å². The smallest absolute Gasteiger partial charge is 0.408 e. The van der Waals surface area contributed by atoms with Crippen molar-refractivity contribution in [2.24, 2.45) is 0 Å². The van der Waals surface area contributed by atoms with Gasteiger partial charge in [-0.3, -0.25) is 0 Å². The zero-order valence-corrected chi connectivity index (χ0v) is 13.2. The number of ether oxygens (including phenoxy) is 1. The summed E-state index contributed by atoms with van der Waals surface area (Å²) in [5.74, 6) is 5.90. The van der Waals surface area contributed by atoms with E-state index >= 15 is 0 Å². The third-order valence-electron chi connectivity index (χ3n) is 2.06. The Bertz CT molecular complexity index is 521. The summed E-state index contributed by atoms with van der Waals surface area (Å²) in [4.78, 5) is 11.4. The van der Waals surface area contributed by atoms with Crippen molar-refractivity contribution in [1.82, 2.24) is 5.32 Å². The van der Waals surface area contributed by atoms with Crippen LogP contribution < -0.4 is 5.32 Å². The van der Waals surface area contributed by atoms with Crippen LogP contribution in [0.25, 0.3) is 0 Å². The molecule has 0 aromatic heterocycles. The summed E-state index contributed by atoms with van der Waals surface area (Å²) in [6.45, 7) is 7.73. The lowest BCUT2D eigenvalue weighted by molar-refractivity contribution is 0.0535. The Labute approximate surface area is 122 Å². The molecule has 0 aliphatic rings. The summed E-state index contributed by atoms with van der Waals surface area (Å²) in [6.07, 6.45) is -0.454. The predicted octanol–water partition coefficient (Wildman–Crippen LogP) is 3.63. The summed E-state index contributed by atoms with van der Waals surface area (Å²) in [5, 5.41) is 2.59. The zero-order chi connectivity index (χ0) is 14.5. The molecule has 0 aliphatic heterocycles. The molecule has 0 bridgehead atoms. The number of hydrogen-bond donors (Lipinski definition) is 1. The van der Waals surface area contributed by atoms with Gasteiger partial charge < -0.3 is 10.1 Å². The van der Waals surface area contributed by atoms with E-state index in [2.05, 4.69) is 33.1 Å². The first kappa shape index (κ1) is 15.6. The number of nitrogens with one attached hydrogen (secondary N) is 1. The third-order valence-corrected chi connectivity index (χ3v) is 2.76. The SMILES string of the molecule is Cc1ccc(Br)c(C#CCNC(=O)OC(C)(C)C)c1. The molecule has 3 nitrogen and oxygen atoms in total. The van der Waals surface area contributed by atoms with Gasteiger partial charge in [0.05, 0.1) is 6.54 Å². The van der Waals surface area contributed by atoms with Crippen molar-refractivity contribution in [1.29, 1.82) is 0 Å². The second-order valence-corrected chi connectivity index (χ2v) is 5.99. The average molecular weight is 324 g/mol. The van der Waals surface area contributed by atoms with Gasteiger partial charge in [0.15, 0.2) is 0 Å². The third kappa shape index (κ3) is 6.30. The first-order valence-corrected chi connectivity index (χ1v) is 6.79. The van der Waals surface area contributed by atoms with Gasteiger partial charge in [-0.15, -0.1) is 0 Å². The first-order chi connectivity index (χ1) is 8.78. The van der Waals surface area contributed by atoms with Gasteiger partial charge in [0, 0.05) is 10.0 Å². The highest BCUT2D eigenvalue weighted by molar-refractivity contribution is 9.10. The fraction of sp³-hybridized carbons (Fsp3) is 0.400. The van der Waals surface area contributed by atoms with Crippen molar-refractivity contribution >= 4 is 22.0 Å². The van der Waals surface area contributed by atoms with E-state index in [0.717, 1.165) is 15.6 Å². The molecule has 0 saturated carbocycles. The molecule has 102 valence electrons. The van der Waals surface area contributed by atoms with Gasteiger partial charge in [0.25, 0.3) is 0 Å². The molecule has 0 heterocycles. The molecule has 1 amide bonds. The molecule has 0 saturated heterocycles. The molecule has 1 aromatic rings. The van der Waals surface area contributed by atoms with Crippen LogP contribution in [-0.4, -0.2) is 18.2 Å². The molecule has 0 spiro atoms. The summed E-state index contributed by atoms with van der Waals surface area (Å²) in [6, 6.07) is 5.96. The number of hydrogen-bond acceptors (Lipinski definition) is 2. The van der Waals surface area contributed by atoms with Crippen LogP contribution >= 0.6 is 15.9 Å². The van der Waals surface area contributed by atoms with E-state index in [1.54, 1.807) is 0 Å². The van der Waals surface area contributed by atoms with Crippen molar-refractivity contribution in [2.45, 2.75) is 33.3 Å². The van der Waals surface area contributed by atoms with Gasteiger partial charge >= 0.3 is 6.09 Å². The number of carbonyl (C=O) groups excluding carboxylic acids is 1. The normalized spacial score (nSPS) is 10.4. The Morgan fingerprint density at radius 1 is 1.42 bits per heavy atom. The van der Waals surface area contributed by atoms with Gasteiger partial charge in [0.1, 0.15) is 5.60 Å². The zero-order valence-electron chi connectivity index (χ0n) is 11.6. The number of carbonyl (C=O) groups is 1. The minimum Gasteiger partial charge on any atom is -0.444 e. The first-order valence-electron chi connectivity index (χ1n) is 6.00. The highest BCUT2D eigenvalue weighted by Gasteiger charge is 2.14. The second-order valence-electron chi connectivity index (χ2n) is 5.14. The monoisotopic (exact) mass is 323 g/mol. The highest BCUT2D eigenvalue weighted by atomic mass is 79.9. The lowest BCUT2D eigenvalue weighted by atomic mass is 10.1. The Balaban J connectivity index is 2.52. The van der Waals surface area contributed by atoms with E-state index in [9.17, 15) is 4.79 Å². The summed E-state index contributed by atoms with van der Waals surface area (Å²) < 4.78 is 6.05. The second kappa shape index (κ2) is 6.63. The van der Waals surface area contributed by atoms with Crippen molar-refractivity contribution in [3.05, 3.63) is 33.8 Å². The predicted molar refractivity (Wildman–Crippen MR) is 80.0 cm³/mol.